The van der Waals surface area contributed by atoms with Gasteiger partial charge in [-0.05, 0) is 7.05 Å². The average molecular weight is 169 g/mol. The van der Waals surface area contributed by atoms with E-state index in [-0.39, 0.29) is 0 Å². The Labute approximate surface area is 74.8 Å². The van der Waals surface area contributed by atoms with Gasteiger partial charge in [-0.2, -0.15) is 0 Å². The van der Waals surface area contributed by atoms with E-state index >= 15 is 0 Å². The summed E-state index contributed by atoms with van der Waals surface area (Å²) in [7, 11) is 2.14. The molecule has 2 N–H and O–H groups in total. The van der Waals surface area contributed by atoms with Gasteiger partial charge < -0.3 is 5.73 Å². The molecule has 1 fully saturated rings. The van der Waals surface area contributed by atoms with E-state index in [0.29, 0.717) is 6.04 Å². The van der Waals surface area contributed by atoms with E-state index in [4.69, 9.17) is 5.73 Å². The summed E-state index contributed by atoms with van der Waals surface area (Å²) in [6.07, 6.45) is 1.96. The Morgan fingerprint density at radius 2 is 2.33 bits per heavy atom. The first kappa shape index (κ1) is 9.71. The zero-order valence-electron chi connectivity index (χ0n) is 7.87. The number of hydrogen-bond acceptors (Lipinski definition) is 3. The number of hydrogen-bond donors (Lipinski definition) is 1. The minimum absolute atomic E-state index is 0.527. The molecule has 1 rings (SSSR count). The molecule has 1 saturated heterocycles. The molecule has 1 atom stereocenters. The van der Waals surface area contributed by atoms with Crippen LogP contribution in [0.1, 0.15) is 0 Å². The Bertz CT molecular complexity index is 147. The molecular formula is C9H19N3. The van der Waals surface area contributed by atoms with Crippen LogP contribution in [0.5, 0.6) is 0 Å². The van der Waals surface area contributed by atoms with Crippen LogP contribution in [-0.4, -0.2) is 55.6 Å². The van der Waals surface area contributed by atoms with Gasteiger partial charge >= 0.3 is 0 Å². The molecule has 3 heteroatoms. The molecule has 0 amide bonds. The van der Waals surface area contributed by atoms with E-state index in [9.17, 15) is 0 Å². The van der Waals surface area contributed by atoms with Crippen molar-refractivity contribution in [3.8, 4) is 0 Å². The van der Waals surface area contributed by atoms with E-state index in [1.54, 1.807) is 0 Å². The fourth-order valence-electron chi connectivity index (χ4n) is 1.61. The van der Waals surface area contributed by atoms with Crippen LogP contribution in [0.3, 0.4) is 0 Å². The van der Waals surface area contributed by atoms with Crippen molar-refractivity contribution in [3.63, 3.8) is 0 Å². The van der Waals surface area contributed by atoms with Crippen LogP contribution in [0, 0.1) is 0 Å². The van der Waals surface area contributed by atoms with Crippen LogP contribution in [0.15, 0.2) is 12.7 Å². The summed E-state index contributed by atoms with van der Waals surface area (Å²) < 4.78 is 0. The fraction of sp³-hybridized carbons (Fsp3) is 0.778. The Morgan fingerprint density at radius 1 is 1.58 bits per heavy atom. The Morgan fingerprint density at radius 3 is 2.92 bits per heavy atom. The lowest BCUT2D eigenvalue weighted by atomic mass is 10.2. The highest BCUT2D eigenvalue weighted by molar-refractivity contribution is 4.84. The van der Waals surface area contributed by atoms with Gasteiger partial charge in [0, 0.05) is 38.8 Å². The molecule has 0 aromatic rings. The zero-order chi connectivity index (χ0) is 8.97. The van der Waals surface area contributed by atoms with Crippen molar-refractivity contribution in [1.82, 2.24) is 9.80 Å². The first-order chi connectivity index (χ1) is 5.77. The highest BCUT2D eigenvalue weighted by Gasteiger charge is 2.21. The quantitative estimate of drug-likeness (QED) is 0.591. The van der Waals surface area contributed by atoms with Crippen LogP contribution in [0.4, 0.5) is 0 Å². The molecule has 1 aliphatic rings. The van der Waals surface area contributed by atoms with Gasteiger partial charge in [0.25, 0.3) is 0 Å². The summed E-state index contributed by atoms with van der Waals surface area (Å²) in [4.78, 5) is 4.73. The van der Waals surface area contributed by atoms with Crippen molar-refractivity contribution in [2.75, 3.05) is 39.8 Å². The highest BCUT2D eigenvalue weighted by Crippen LogP contribution is 2.05. The predicted octanol–water partition coefficient (Wildman–Crippen LogP) is -0.253. The third-order valence-corrected chi connectivity index (χ3v) is 2.52. The molecule has 0 aliphatic carbocycles. The largest absolute Gasteiger partial charge is 0.329 e. The van der Waals surface area contributed by atoms with Crippen LogP contribution in [0.2, 0.25) is 0 Å². The minimum Gasteiger partial charge on any atom is -0.329 e. The summed E-state index contributed by atoms with van der Waals surface area (Å²) in [5.41, 5.74) is 5.66. The number of piperazine rings is 1. The van der Waals surface area contributed by atoms with Crippen LogP contribution in [0.25, 0.3) is 0 Å². The minimum atomic E-state index is 0.527. The smallest absolute Gasteiger partial charge is 0.0343 e. The van der Waals surface area contributed by atoms with Gasteiger partial charge in [-0.15, -0.1) is 6.58 Å². The Hall–Kier alpha value is -0.380. The van der Waals surface area contributed by atoms with E-state index in [0.717, 1.165) is 32.7 Å². The summed E-state index contributed by atoms with van der Waals surface area (Å²) >= 11 is 0. The molecule has 0 saturated carbocycles. The van der Waals surface area contributed by atoms with Gasteiger partial charge in [-0.1, -0.05) is 6.08 Å². The topological polar surface area (TPSA) is 32.5 Å². The molecule has 70 valence electrons. The van der Waals surface area contributed by atoms with E-state index in [2.05, 4.69) is 23.4 Å². The maximum Gasteiger partial charge on any atom is 0.0343 e. The van der Waals surface area contributed by atoms with Crippen LogP contribution < -0.4 is 5.73 Å². The van der Waals surface area contributed by atoms with Gasteiger partial charge in [0.15, 0.2) is 0 Å². The van der Waals surface area contributed by atoms with Crippen molar-refractivity contribution in [3.05, 3.63) is 12.7 Å². The molecule has 1 heterocycles. The first-order valence-electron chi connectivity index (χ1n) is 4.51. The SMILES string of the molecule is C=CCN1CCN(C)C(CN)C1. The Kier molecular flexibility index (Phi) is 3.72. The zero-order valence-corrected chi connectivity index (χ0v) is 7.87. The highest BCUT2D eigenvalue weighted by atomic mass is 15.3. The molecule has 0 radical (unpaired) electrons. The maximum atomic E-state index is 5.66. The number of likely N-dealkylation sites (N-methyl/N-ethyl adjacent to an activating group) is 1. The molecule has 3 nitrogen and oxygen atoms in total. The van der Waals surface area contributed by atoms with Crippen molar-refractivity contribution >= 4 is 0 Å². The van der Waals surface area contributed by atoms with Crippen LogP contribution >= 0.6 is 0 Å². The van der Waals surface area contributed by atoms with Gasteiger partial charge in [0.2, 0.25) is 0 Å². The van der Waals surface area contributed by atoms with Crippen LogP contribution in [-0.2, 0) is 0 Å². The third kappa shape index (κ3) is 2.30. The van der Waals surface area contributed by atoms with E-state index < -0.39 is 0 Å². The number of nitrogens with two attached hydrogens (primary N) is 1. The predicted molar refractivity (Wildman–Crippen MR) is 52.1 cm³/mol. The first-order valence-corrected chi connectivity index (χ1v) is 4.51. The maximum absolute atomic E-state index is 5.66. The standard InChI is InChI=1S/C9H19N3/c1-3-4-12-6-5-11(2)9(7-10)8-12/h3,9H,1,4-8,10H2,2H3. The van der Waals surface area contributed by atoms with Gasteiger partial charge in [-0.3, -0.25) is 9.80 Å². The van der Waals surface area contributed by atoms with E-state index in [1.165, 1.54) is 0 Å². The van der Waals surface area contributed by atoms with Gasteiger partial charge in [-0.25, -0.2) is 0 Å². The second-order valence-corrected chi connectivity index (χ2v) is 3.42. The average Bonchev–Trinajstić information content (AvgIpc) is 2.09. The third-order valence-electron chi connectivity index (χ3n) is 2.52. The number of nitrogens with zero attached hydrogens (tertiary/aromatic N) is 2. The molecule has 0 bridgehead atoms. The lowest BCUT2D eigenvalue weighted by Gasteiger charge is -2.38. The van der Waals surface area contributed by atoms with Crippen molar-refractivity contribution in [2.45, 2.75) is 6.04 Å². The molecule has 1 aliphatic heterocycles. The summed E-state index contributed by atoms with van der Waals surface area (Å²) in [5, 5.41) is 0. The second kappa shape index (κ2) is 4.60. The van der Waals surface area contributed by atoms with Crippen molar-refractivity contribution < 1.29 is 0 Å². The van der Waals surface area contributed by atoms with Gasteiger partial charge in [0.05, 0.1) is 0 Å². The normalized spacial score (nSPS) is 27.3. The lowest BCUT2D eigenvalue weighted by molar-refractivity contribution is 0.109. The molecule has 1 unspecified atom stereocenters. The molecule has 12 heavy (non-hydrogen) atoms. The number of rotatable bonds is 3. The fourth-order valence-corrected chi connectivity index (χ4v) is 1.61. The molecule has 0 spiro atoms. The Balaban J connectivity index is 2.38. The molecule has 0 aromatic carbocycles. The molecule has 0 aromatic heterocycles. The molecular weight excluding hydrogens is 150 g/mol. The van der Waals surface area contributed by atoms with Crippen molar-refractivity contribution in [2.24, 2.45) is 5.73 Å². The second-order valence-electron chi connectivity index (χ2n) is 3.42. The lowest BCUT2D eigenvalue weighted by Crippen LogP contribution is -2.54. The van der Waals surface area contributed by atoms with Gasteiger partial charge in [0.1, 0.15) is 0 Å². The summed E-state index contributed by atoms with van der Waals surface area (Å²) in [6.45, 7) is 8.82. The summed E-state index contributed by atoms with van der Waals surface area (Å²) in [6, 6.07) is 0.527. The summed E-state index contributed by atoms with van der Waals surface area (Å²) in [5.74, 6) is 0. The van der Waals surface area contributed by atoms with E-state index in [1.807, 2.05) is 6.08 Å². The monoisotopic (exact) mass is 169 g/mol. The van der Waals surface area contributed by atoms with Crippen molar-refractivity contribution in [1.29, 1.82) is 0 Å².